The molecule has 1 saturated carbocycles. The molecule has 3 rings (SSSR count). The van der Waals surface area contributed by atoms with E-state index in [9.17, 15) is 4.79 Å². The Kier molecular flexibility index (Phi) is 7.10. The minimum atomic E-state index is -0.180. The summed E-state index contributed by atoms with van der Waals surface area (Å²) in [5.41, 5.74) is 1.38. The molecule has 2 fully saturated rings. The Balaban J connectivity index is 0.000000623. The first-order valence-electron chi connectivity index (χ1n) is 9.00. The summed E-state index contributed by atoms with van der Waals surface area (Å²) in [6.07, 6.45) is 5.58. The quantitative estimate of drug-likeness (QED) is 0.808. The van der Waals surface area contributed by atoms with E-state index < -0.39 is 0 Å². The van der Waals surface area contributed by atoms with Crippen LogP contribution in [0.25, 0.3) is 0 Å². The molecule has 0 spiro atoms. The minimum absolute atomic E-state index is 0.180. The fourth-order valence-electron chi connectivity index (χ4n) is 2.61. The molecular formula is C20H31NO3. The second-order valence-electron chi connectivity index (χ2n) is 7.41. The molecule has 0 bridgehead atoms. The molecule has 24 heavy (non-hydrogen) atoms. The van der Waals surface area contributed by atoms with Gasteiger partial charge in [-0.3, -0.25) is 4.79 Å². The van der Waals surface area contributed by atoms with Gasteiger partial charge in [-0.25, -0.2) is 0 Å². The van der Waals surface area contributed by atoms with Crippen molar-refractivity contribution >= 4 is 5.97 Å². The Morgan fingerprint density at radius 3 is 2.62 bits per heavy atom. The number of hydrogen-bond acceptors (Lipinski definition) is 4. The molecule has 4 heteroatoms. The smallest absolute Gasteiger partial charge is 0.305 e. The van der Waals surface area contributed by atoms with Gasteiger partial charge in [0, 0.05) is 25.4 Å². The van der Waals surface area contributed by atoms with E-state index in [-0.39, 0.29) is 11.4 Å². The zero-order valence-corrected chi connectivity index (χ0v) is 15.3. The maximum atomic E-state index is 11.2. The van der Waals surface area contributed by atoms with Crippen LogP contribution in [0.1, 0.15) is 45.1 Å². The average Bonchev–Trinajstić information content (AvgIpc) is 3.41. The lowest BCUT2D eigenvalue weighted by molar-refractivity contribution is -0.140. The van der Waals surface area contributed by atoms with E-state index in [1.54, 1.807) is 0 Å². The molecule has 1 atom stereocenters. The largest absolute Gasteiger partial charge is 0.493 e. The molecule has 1 aromatic carbocycles. The normalized spacial score (nSPS) is 20.7. The number of benzene rings is 1. The van der Waals surface area contributed by atoms with Crippen molar-refractivity contribution in [3.63, 3.8) is 0 Å². The van der Waals surface area contributed by atoms with E-state index in [1.165, 1.54) is 26.4 Å². The number of carbonyl (C=O) groups is 1. The third-order valence-electron chi connectivity index (χ3n) is 4.63. The highest BCUT2D eigenvalue weighted by Crippen LogP contribution is 2.30. The zero-order chi connectivity index (χ0) is 17.4. The van der Waals surface area contributed by atoms with Crippen molar-refractivity contribution in [3.05, 3.63) is 29.8 Å². The number of carbonyl (C=O) groups excluding carboxylic acids is 1. The van der Waals surface area contributed by atoms with E-state index in [0.717, 1.165) is 31.0 Å². The molecule has 0 amide bonds. The number of ether oxygens (including phenoxy) is 2. The SMILES string of the molecule is C1CC1.COC(=O)CCc1cccc(OCC2CNCC2(C)C)c1. The minimum Gasteiger partial charge on any atom is -0.493 e. The highest BCUT2D eigenvalue weighted by molar-refractivity contribution is 5.69. The third-order valence-corrected chi connectivity index (χ3v) is 4.63. The molecule has 1 aliphatic carbocycles. The third kappa shape index (κ3) is 6.52. The number of hydrogen-bond donors (Lipinski definition) is 1. The Morgan fingerprint density at radius 2 is 2.04 bits per heavy atom. The predicted octanol–water partition coefficient (Wildman–Crippen LogP) is 3.59. The topological polar surface area (TPSA) is 47.6 Å². The fraction of sp³-hybridized carbons (Fsp3) is 0.650. The molecule has 1 saturated heterocycles. The van der Waals surface area contributed by atoms with E-state index in [2.05, 4.69) is 23.9 Å². The van der Waals surface area contributed by atoms with Gasteiger partial charge in [-0.05, 0) is 29.5 Å². The standard InChI is InChI=1S/C17H25NO3.C3H6/c1-17(2)12-18-10-14(17)11-21-15-6-4-5-13(9-15)7-8-16(19)20-3;1-2-3-1/h4-6,9,14,18H,7-8,10-12H2,1-3H3;1-3H2. The summed E-state index contributed by atoms with van der Waals surface area (Å²) < 4.78 is 10.6. The molecule has 134 valence electrons. The van der Waals surface area contributed by atoms with Crippen LogP contribution < -0.4 is 10.1 Å². The summed E-state index contributed by atoms with van der Waals surface area (Å²) in [6, 6.07) is 7.96. The van der Waals surface area contributed by atoms with Gasteiger partial charge in [-0.15, -0.1) is 0 Å². The summed E-state index contributed by atoms with van der Waals surface area (Å²) in [4.78, 5) is 11.2. The first-order valence-corrected chi connectivity index (χ1v) is 9.00. The molecule has 1 aliphatic heterocycles. The number of aryl methyl sites for hydroxylation is 1. The van der Waals surface area contributed by atoms with Crippen LogP contribution in [0.2, 0.25) is 0 Å². The summed E-state index contributed by atoms with van der Waals surface area (Å²) in [7, 11) is 1.42. The van der Waals surface area contributed by atoms with E-state index in [4.69, 9.17) is 4.74 Å². The van der Waals surface area contributed by atoms with Crippen molar-refractivity contribution in [1.29, 1.82) is 0 Å². The molecule has 0 aromatic heterocycles. The molecule has 4 nitrogen and oxygen atoms in total. The number of methoxy groups -OCH3 is 1. The molecule has 1 unspecified atom stereocenters. The lowest BCUT2D eigenvalue weighted by Crippen LogP contribution is -2.27. The van der Waals surface area contributed by atoms with Crippen molar-refractivity contribution in [2.75, 3.05) is 26.8 Å². The first kappa shape index (κ1) is 18.8. The van der Waals surface area contributed by atoms with Crippen LogP contribution in [0.15, 0.2) is 24.3 Å². The van der Waals surface area contributed by atoms with Gasteiger partial charge < -0.3 is 14.8 Å². The second kappa shape index (κ2) is 9.07. The van der Waals surface area contributed by atoms with Crippen molar-refractivity contribution in [1.82, 2.24) is 5.32 Å². The highest BCUT2D eigenvalue weighted by Gasteiger charge is 2.34. The van der Waals surface area contributed by atoms with Crippen molar-refractivity contribution < 1.29 is 14.3 Å². The fourth-order valence-corrected chi connectivity index (χ4v) is 2.61. The van der Waals surface area contributed by atoms with Gasteiger partial charge in [0.1, 0.15) is 5.75 Å². The summed E-state index contributed by atoms with van der Waals surface area (Å²) in [6.45, 7) is 7.32. The van der Waals surface area contributed by atoms with Crippen LogP contribution >= 0.6 is 0 Å². The van der Waals surface area contributed by atoms with Gasteiger partial charge in [0.25, 0.3) is 0 Å². The molecular weight excluding hydrogens is 302 g/mol. The molecule has 1 N–H and O–H groups in total. The molecule has 0 radical (unpaired) electrons. The van der Waals surface area contributed by atoms with E-state index in [1.807, 2.05) is 24.3 Å². The highest BCUT2D eigenvalue weighted by atomic mass is 16.5. The second-order valence-corrected chi connectivity index (χ2v) is 7.41. The van der Waals surface area contributed by atoms with Crippen LogP contribution in [0, 0.1) is 11.3 Å². The zero-order valence-electron chi connectivity index (χ0n) is 15.3. The lowest BCUT2D eigenvalue weighted by atomic mass is 9.83. The van der Waals surface area contributed by atoms with Crippen LogP contribution in [0.5, 0.6) is 5.75 Å². The lowest BCUT2D eigenvalue weighted by Gasteiger charge is -2.25. The van der Waals surface area contributed by atoms with E-state index >= 15 is 0 Å². The Morgan fingerprint density at radius 1 is 1.29 bits per heavy atom. The van der Waals surface area contributed by atoms with E-state index in [0.29, 0.717) is 18.8 Å². The van der Waals surface area contributed by atoms with Gasteiger partial charge in [-0.1, -0.05) is 45.2 Å². The summed E-state index contributed by atoms with van der Waals surface area (Å²) >= 11 is 0. The predicted molar refractivity (Wildman–Crippen MR) is 96.3 cm³/mol. The van der Waals surface area contributed by atoms with Crippen LogP contribution in [-0.2, 0) is 16.0 Å². The molecule has 2 aliphatic rings. The number of rotatable bonds is 6. The first-order chi connectivity index (χ1) is 11.5. The van der Waals surface area contributed by atoms with Crippen LogP contribution in [-0.4, -0.2) is 32.8 Å². The summed E-state index contributed by atoms with van der Waals surface area (Å²) in [5.74, 6) is 1.22. The Bertz CT molecular complexity index is 523. The number of esters is 1. The summed E-state index contributed by atoms with van der Waals surface area (Å²) in [5, 5.41) is 3.42. The van der Waals surface area contributed by atoms with Crippen LogP contribution in [0.4, 0.5) is 0 Å². The van der Waals surface area contributed by atoms with Gasteiger partial charge in [0.05, 0.1) is 13.7 Å². The molecule has 1 aromatic rings. The molecule has 1 heterocycles. The van der Waals surface area contributed by atoms with Gasteiger partial charge in [0.15, 0.2) is 0 Å². The number of nitrogens with one attached hydrogen (secondary N) is 1. The Labute approximate surface area is 145 Å². The maximum Gasteiger partial charge on any atom is 0.305 e. The van der Waals surface area contributed by atoms with Gasteiger partial charge in [0.2, 0.25) is 0 Å². The van der Waals surface area contributed by atoms with Crippen LogP contribution in [0.3, 0.4) is 0 Å². The Hall–Kier alpha value is -1.55. The maximum absolute atomic E-state index is 11.2. The van der Waals surface area contributed by atoms with Crippen molar-refractivity contribution in [2.24, 2.45) is 11.3 Å². The monoisotopic (exact) mass is 333 g/mol. The average molecular weight is 333 g/mol. The van der Waals surface area contributed by atoms with Gasteiger partial charge >= 0.3 is 5.97 Å². The van der Waals surface area contributed by atoms with Gasteiger partial charge in [-0.2, -0.15) is 0 Å². The van der Waals surface area contributed by atoms with Crippen molar-refractivity contribution in [3.8, 4) is 5.75 Å². The van der Waals surface area contributed by atoms with Crippen molar-refractivity contribution in [2.45, 2.75) is 46.0 Å².